The van der Waals surface area contributed by atoms with Crippen LogP contribution in [0.4, 0.5) is 0 Å². The summed E-state index contributed by atoms with van der Waals surface area (Å²) in [7, 11) is 0. The minimum Gasteiger partial charge on any atom is -0.377 e. The summed E-state index contributed by atoms with van der Waals surface area (Å²) in [6.07, 6.45) is 7.78. The van der Waals surface area contributed by atoms with Gasteiger partial charge in [0.05, 0.1) is 6.10 Å². The molecule has 18 heavy (non-hydrogen) atoms. The highest BCUT2D eigenvalue weighted by atomic mass is 16.5. The van der Waals surface area contributed by atoms with Gasteiger partial charge in [0.2, 0.25) is 0 Å². The third-order valence-corrected chi connectivity index (χ3v) is 3.49. The largest absolute Gasteiger partial charge is 0.377 e. The molecule has 1 aliphatic carbocycles. The maximum Gasteiger partial charge on any atom is 0.0759 e. The first kappa shape index (κ1) is 13.5. The molecule has 0 aliphatic heterocycles. The van der Waals surface area contributed by atoms with E-state index in [0.29, 0.717) is 12.1 Å². The van der Waals surface area contributed by atoms with Crippen LogP contribution < -0.4 is 5.32 Å². The zero-order chi connectivity index (χ0) is 12.8. The van der Waals surface area contributed by atoms with Crippen molar-refractivity contribution in [2.45, 2.75) is 45.3 Å². The number of pyridine rings is 1. The number of rotatable bonds is 8. The number of aromatic nitrogens is 1. The van der Waals surface area contributed by atoms with Gasteiger partial charge < -0.3 is 10.1 Å². The second-order valence-electron chi connectivity index (χ2n) is 4.99. The van der Waals surface area contributed by atoms with Gasteiger partial charge in [0.1, 0.15) is 0 Å². The summed E-state index contributed by atoms with van der Waals surface area (Å²) in [5.41, 5.74) is 1.29. The van der Waals surface area contributed by atoms with Crippen molar-refractivity contribution < 1.29 is 4.74 Å². The summed E-state index contributed by atoms with van der Waals surface area (Å²) < 4.78 is 5.97. The van der Waals surface area contributed by atoms with E-state index in [1.165, 1.54) is 18.4 Å². The minimum absolute atomic E-state index is 0.357. The van der Waals surface area contributed by atoms with E-state index in [2.05, 4.69) is 30.2 Å². The van der Waals surface area contributed by atoms with E-state index in [-0.39, 0.29) is 0 Å². The highest BCUT2D eigenvalue weighted by Crippen LogP contribution is 2.36. The monoisotopic (exact) mass is 248 g/mol. The molecule has 0 saturated heterocycles. The molecule has 3 heteroatoms. The van der Waals surface area contributed by atoms with Crippen molar-refractivity contribution in [3.05, 3.63) is 30.1 Å². The minimum atomic E-state index is 0.357. The Bertz CT molecular complexity index is 338. The fraction of sp³-hybridized carbons (Fsp3) is 0.667. The Morgan fingerprint density at radius 1 is 1.44 bits per heavy atom. The predicted octanol–water partition coefficient (Wildman–Crippen LogP) is 2.42. The molecule has 2 rings (SSSR count). The van der Waals surface area contributed by atoms with Crippen molar-refractivity contribution in [3.8, 4) is 0 Å². The lowest BCUT2D eigenvalue weighted by Gasteiger charge is -2.28. The van der Waals surface area contributed by atoms with Crippen LogP contribution in [0.1, 0.15) is 32.3 Å². The van der Waals surface area contributed by atoms with Crippen molar-refractivity contribution >= 4 is 0 Å². The lowest BCUT2D eigenvalue weighted by atomic mass is 9.99. The molecule has 0 radical (unpaired) electrons. The molecular formula is C15H24N2O. The Morgan fingerprint density at radius 2 is 2.28 bits per heavy atom. The Hall–Kier alpha value is -0.930. The summed E-state index contributed by atoms with van der Waals surface area (Å²) in [6, 6.07) is 4.56. The molecule has 0 aromatic carbocycles. The molecule has 2 atom stereocenters. The van der Waals surface area contributed by atoms with Gasteiger partial charge in [-0.3, -0.25) is 4.98 Å². The molecule has 1 N–H and O–H groups in total. The third kappa shape index (κ3) is 3.79. The SMILES string of the molecule is CCNC(Cc1cccnc1)C(OCC)C1CC1. The van der Waals surface area contributed by atoms with Crippen LogP contribution in [-0.4, -0.2) is 30.3 Å². The first-order chi connectivity index (χ1) is 8.85. The Morgan fingerprint density at radius 3 is 2.83 bits per heavy atom. The zero-order valence-corrected chi connectivity index (χ0v) is 11.4. The maximum atomic E-state index is 5.97. The number of hydrogen-bond acceptors (Lipinski definition) is 3. The van der Waals surface area contributed by atoms with Gasteiger partial charge in [0, 0.05) is 25.0 Å². The highest BCUT2D eigenvalue weighted by Gasteiger charge is 2.36. The summed E-state index contributed by atoms with van der Waals surface area (Å²) in [6.45, 7) is 6.03. The fourth-order valence-corrected chi connectivity index (χ4v) is 2.54. The topological polar surface area (TPSA) is 34.2 Å². The molecule has 2 unspecified atom stereocenters. The molecular weight excluding hydrogens is 224 g/mol. The van der Waals surface area contributed by atoms with E-state index in [1.54, 1.807) is 0 Å². The number of nitrogens with one attached hydrogen (secondary N) is 1. The lowest BCUT2D eigenvalue weighted by Crippen LogP contribution is -2.44. The van der Waals surface area contributed by atoms with Gasteiger partial charge in [0.15, 0.2) is 0 Å². The van der Waals surface area contributed by atoms with Crippen molar-refractivity contribution in [2.75, 3.05) is 13.2 Å². The van der Waals surface area contributed by atoms with Crippen LogP contribution in [0.3, 0.4) is 0 Å². The second kappa shape index (κ2) is 6.86. The Kier molecular flexibility index (Phi) is 5.14. The molecule has 0 spiro atoms. The van der Waals surface area contributed by atoms with Crippen LogP contribution in [0.2, 0.25) is 0 Å². The van der Waals surface area contributed by atoms with Crippen LogP contribution in [0, 0.1) is 5.92 Å². The molecule has 1 saturated carbocycles. The first-order valence-corrected chi connectivity index (χ1v) is 7.09. The molecule has 3 nitrogen and oxygen atoms in total. The van der Waals surface area contributed by atoms with Crippen LogP contribution in [-0.2, 0) is 11.2 Å². The van der Waals surface area contributed by atoms with Crippen LogP contribution in [0.15, 0.2) is 24.5 Å². The highest BCUT2D eigenvalue weighted by molar-refractivity contribution is 5.11. The van der Waals surface area contributed by atoms with E-state index in [9.17, 15) is 0 Å². The standard InChI is InChI=1S/C15H24N2O/c1-3-17-14(10-12-6-5-9-16-11-12)15(18-4-2)13-7-8-13/h5-6,9,11,13-15,17H,3-4,7-8,10H2,1-2H3. The quantitative estimate of drug-likeness (QED) is 0.767. The summed E-state index contributed by atoms with van der Waals surface area (Å²) >= 11 is 0. The molecule has 1 aromatic rings. The van der Waals surface area contributed by atoms with Gasteiger partial charge in [0.25, 0.3) is 0 Å². The molecule has 1 aromatic heterocycles. The average molecular weight is 248 g/mol. The smallest absolute Gasteiger partial charge is 0.0759 e. The average Bonchev–Trinajstić information content (AvgIpc) is 3.21. The number of likely N-dealkylation sites (N-methyl/N-ethyl adjacent to an activating group) is 1. The number of nitrogens with zero attached hydrogens (tertiary/aromatic N) is 1. The number of hydrogen-bond donors (Lipinski definition) is 1. The fourth-order valence-electron chi connectivity index (χ4n) is 2.54. The van der Waals surface area contributed by atoms with E-state index >= 15 is 0 Å². The molecule has 100 valence electrons. The van der Waals surface area contributed by atoms with E-state index in [4.69, 9.17) is 4.74 Å². The van der Waals surface area contributed by atoms with Crippen molar-refractivity contribution in [1.29, 1.82) is 0 Å². The summed E-state index contributed by atoms with van der Waals surface area (Å²) in [4.78, 5) is 4.20. The van der Waals surface area contributed by atoms with Crippen molar-refractivity contribution in [3.63, 3.8) is 0 Å². The van der Waals surface area contributed by atoms with E-state index in [1.807, 2.05) is 18.5 Å². The molecule has 0 amide bonds. The van der Waals surface area contributed by atoms with Crippen LogP contribution in [0.5, 0.6) is 0 Å². The lowest BCUT2D eigenvalue weighted by molar-refractivity contribution is 0.0196. The maximum absolute atomic E-state index is 5.97. The third-order valence-electron chi connectivity index (χ3n) is 3.49. The first-order valence-electron chi connectivity index (χ1n) is 7.09. The second-order valence-corrected chi connectivity index (χ2v) is 4.99. The van der Waals surface area contributed by atoms with E-state index in [0.717, 1.165) is 25.5 Å². The van der Waals surface area contributed by atoms with Crippen LogP contribution >= 0.6 is 0 Å². The van der Waals surface area contributed by atoms with Gasteiger partial charge >= 0.3 is 0 Å². The van der Waals surface area contributed by atoms with Gasteiger partial charge in [-0.15, -0.1) is 0 Å². The molecule has 1 heterocycles. The summed E-state index contributed by atoms with van der Waals surface area (Å²) in [5.74, 6) is 0.755. The summed E-state index contributed by atoms with van der Waals surface area (Å²) in [5, 5.41) is 3.58. The Labute approximate surface area is 110 Å². The molecule has 1 fully saturated rings. The predicted molar refractivity (Wildman–Crippen MR) is 73.5 cm³/mol. The molecule has 0 bridgehead atoms. The van der Waals surface area contributed by atoms with Gasteiger partial charge in [-0.2, -0.15) is 0 Å². The van der Waals surface area contributed by atoms with Crippen molar-refractivity contribution in [1.82, 2.24) is 10.3 Å². The van der Waals surface area contributed by atoms with Crippen LogP contribution in [0.25, 0.3) is 0 Å². The van der Waals surface area contributed by atoms with E-state index < -0.39 is 0 Å². The zero-order valence-electron chi connectivity index (χ0n) is 11.4. The van der Waals surface area contributed by atoms with Gasteiger partial charge in [-0.1, -0.05) is 13.0 Å². The van der Waals surface area contributed by atoms with Gasteiger partial charge in [-0.25, -0.2) is 0 Å². The normalized spacial score (nSPS) is 18.6. The molecule has 1 aliphatic rings. The van der Waals surface area contributed by atoms with Gasteiger partial charge in [-0.05, 0) is 50.3 Å². The number of ether oxygens (including phenoxy) is 1. The van der Waals surface area contributed by atoms with Crippen molar-refractivity contribution in [2.24, 2.45) is 5.92 Å². The Balaban J connectivity index is 2.01.